The van der Waals surface area contributed by atoms with E-state index < -0.39 is 23.7 Å². The van der Waals surface area contributed by atoms with E-state index in [0.29, 0.717) is 19.3 Å². The number of ether oxygens (including phenoxy) is 1. The predicted octanol–water partition coefficient (Wildman–Crippen LogP) is 2.16. The number of rotatable bonds is 6. The molecule has 5 nitrogen and oxygen atoms in total. The summed E-state index contributed by atoms with van der Waals surface area (Å²) >= 11 is 0. The number of carboxylic acids is 1. The molecule has 0 aliphatic carbocycles. The molecule has 0 aromatic rings. The maximum atomic E-state index is 11.4. The van der Waals surface area contributed by atoms with E-state index in [-0.39, 0.29) is 0 Å². The normalized spacial score (nSPS) is 12.3. The molecule has 0 saturated carbocycles. The number of carbonyl (C=O) groups excluding carboxylic acids is 1. The summed E-state index contributed by atoms with van der Waals surface area (Å²) in [7, 11) is 0. The van der Waals surface area contributed by atoms with Crippen LogP contribution in [0.4, 0.5) is 4.79 Å². The number of terminal acetylenes is 1. The number of hydrogen-bond acceptors (Lipinski definition) is 3. The number of carbonyl (C=O) groups is 2. The molecule has 0 fully saturated rings. The second-order valence-electron chi connectivity index (χ2n) is 4.99. The fraction of sp³-hybridized carbons (Fsp3) is 0.692. The van der Waals surface area contributed by atoms with E-state index in [9.17, 15) is 9.59 Å². The summed E-state index contributed by atoms with van der Waals surface area (Å²) in [4.78, 5) is 22.4. The number of amides is 1. The Balaban J connectivity index is 4.16. The minimum Gasteiger partial charge on any atom is -0.480 e. The lowest BCUT2D eigenvalue weighted by Crippen LogP contribution is -2.43. The minimum absolute atomic E-state index is 0.344. The van der Waals surface area contributed by atoms with Gasteiger partial charge in [0.25, 0.3) is 0 Å². The van der Waals surface area contributed by atoms with Crippen LogP contribution < -0.4 is 5.32 Å². The SMILES string of the molecule is C#CCCCC[C@@H](NC(=O)OC(C)(C)C)C(=O)O. The quantitative estimate of drug-likeness (QED) is 0.563. The van der Waals surface area contributed by atoms with E-state index in [1.807, 2.05) is 0 Å². The molecule has 1 amide bonds. The van der Waals surface area contributed by atoms with Gasteiger partial charge in [0.05, 0.1) is 0 Å². The fourth-order valence-corrected chi connectivity index (χ4v) is 1.28. The first kappa shape index (κ1) is 16.3. The Bertz CT molecular complexity index is 325. The van der Waals surface area contributed by atoms with E-state index in [4.69, 9.17) is 16.3 Å². The molecule has 0 spiro atoms. The van der Waals surface area contributed by atoms with Gasteiger partial charge in [-0.2, -0.15) is 0 Å². The fourth-order valence-electron chi connectivity index (χ4n) is 1.28. The van der Waals surface area contributed by atoms with Gasteiger partial charge < -0.3 is 15.2 Å². The molecule has 0 unspecified atom stereocenters. The monoisotopic (exact) mass is 255 g/mol. The number of aliphatic carboxylic acids is 1. The third kappa shape index (κ3) is 8.45. The Morgan fingerprint density at radius 2 is 2.00 bits per heavy atom. The molecule has 0 aliphatic rings. The van der Waals surface area contributed by atoms with Gasteiger partial charge >= 0.3 is 12.1 Å². The molecule has 0 aliphatic heterocycles. The van der Waals surface area contributed by atoms with Gasteiger partial charge in [-0.05, 0) is 40.0 Å². The second-order valence-corrected chi connectivity index (χ2v) is 4.99. The molecule has 5 heteroatoms. The first-order valence-electron chi connectivity index (χ1n) is 5.92. The van der Waals surface area contributed by atoms with Crippen molar-refractivity contribution in [2.75, 3.05) is 0 Å². The van der Waals surface area contributed by atoms with E-state index in [1.54, 1.807) is 20.8 Å². The van der Waals surface area contributed by atoms with Crippen LogP contribution in [0.15, 0.2) is 0 Å². The smallest absolute Gasteiger partial charge is 0.408 e. The first-order valence-corrected chi connectivity index (χ1v) is 5.92. The van der Waals surface area contributed by atoms with Crippen LogP contribution in [0.2, 0.25) is 0 Å². The van der Waals surface area contributed by atoms with Gasteiger partial charge in [0.1, 0.15) is 11.6 Å². The molecule has 0 heterocycles. The lowest BCUT2D eigenvalue weighted by atomic mass is 10.1. The highest BCUT2D eigenvalue weighted by Gasteiger charge is 2.23. The summed E-state index contributed by atoms with van der Waals surface area (Å²) in [6.45, 7) is 5.15. The molecule has 2 N–H and O–H groups in total. The highest BCUT2D eigenvalue weighted by Crippen LogP contribution is 2.08. The van der Waals surface area contributed by atoms with E-state index in [0.717, 1.165) is 6.42 Å². The van der Waals surface area contributed by atoms with Gasteiger partial charge in [-0.25, -0.2) is 9.59 Å². The predicted molar refractivity (Wildman–Crippen MR) is 68.1 cm³/mol. The topological polar surface area (TPSA) is 75.6 Å². The van der Waals surface area contributed by atoms with Gasteiger partial charge in [-0.1, -0.05) is 0 Å². The van der Waals surface area contributed by atoms with E-state index >= 15 is 0 Å². The van der Waals surface area contributed by atoms with Gasteiger partial charge in [0.2, 0.25) is 0 Å². The molecular weight excluding hydrogens is 234 g/mol. The van der Waals surface area contributed by atoms with Crippen molar-refractivity contribution in [2.24, 2.45) is 0 Å². The zero-order chi connectivity index (χ0) is 14.2. The van der Waals surface area contributed by atoms with Gasteiger partial charge in [-0.3, -0.25) is 0 Å². The van der Waals surface area contributed by atoms with Crippen molar-refractivity contribution < 1.29 is 19.4 Å². The molecule has 1 atom stereocenters. The third-order valence-corrected chi connectivity index (χ3v) is 2.05. The standard InChI is InChI=1S/C13H21NO4/c1-5-6-7-8-9-10(11(15)16)14-12(17)18-13(2,3)4/h1,10H,6-9H2,2-4H3,(H,14,17)(H,15,16)/t10-/m1/s1. The van der Waals surface area contributed by atoms with Gasteiger partial charge in [-0.15, -0.1) is 12.3 Å². The number of nitrogens with one attached hydrogen (secondary N) is 1. The van der Waals surface area contributed by atoms with Crippen LogP contribution in [0.5, 0.6) is 0 Å². The number of carboxylic acid groups (broad SMARTS) is 1. The molecule has 0 aromatic carbocycles. The maximum absolute atomic E-state index is 11.4. The first-order chi connectivity index (χ1) is 8.26. The summed E-state index contributed by atoms with van der Waals surface area (Å²) < 4.78 is 5.00. The number of unbranched alkanes of at least 4 members (excludes halogenated alkanes) is 2. The van der Waals surface area contributed by atoms with Gasteiger partial charge in [0, 0.05) is 6.42 Å². The van der Waals surface area contributed by atoms with Crippen LogP contribution >= 0.6 is 0 Å². The molecule has 0 saturated heterocycles. The largest absolute Gasteiger partial charge is 0.480 e. The van der Waals surface area contributed by atoms with Crippen molar-refractivity contribution in [1.29, 1.82) is 0 Å². The van der Waals surface area contributed by atoms with Crippen molar-refractivity contribution in [3.8, 4) is 12.3 Å². The van der Waals surface area contributed by atoms with Crippen molar-refractivity contribution in [1.82, 2.24) is 5.32 Å². The van der Waals surface area contributed by atoms with Gasteiger partial charge in [0.15, 0.2) is 0 Å². The van der Waals surface area contributed by atoms with E-state index in [2.05, 4.69) is 11.2 Å². The summed E-state index contributed by atoms with van der Waals surface area (Å²) in [6, 6.07) is -0.933. The number of hydrogen-bond donors (Lipinski definition) is 2. The summed E-state index contributed by atoms with van der Waals surface area (Å²) in [5, 5.41) is 11.3. The highest BCUT2D eigenvalue weighted by molar-refractivity contribution is 5.79. The Kier molecular flexibility index (Phi) is 6.88. The van der Waals surface area contributed by atoms with Crippen LogP contribution in [0.25, 0.3) is 0 Å². The molecule has 0 bridgehead atoms. The highest BCUT2D eigenvalue weighted by atomic mass is 16.6. The van der Waals surface area contributed by atoms with Crippen LogP contribution in [-0.2, 0) is 9.53 Å². The average molecular weight is 255 g/mol. The van der Waals surface area contributed by atoms with Crippen LogP contribution in [0.1, 0.15) is 46.5 Å². The molecule has 0 aromatic heterocycles. The maximum Gasteiger partial charge on any atom is 0.408 e. The van der Waals surface area contributed by atoms with Crippen molar-refractivity contribution in [2.45, 2.75) is 58.1 Å². The minimum atomic E-state index is -1.07. The Hall–Kier alpha value is -1.70. The molecular formula is C13H21NO4. The molecule has 102 valence electrons. The summed E-state index contributed by atoms with van der Waals surface area (Å²) in [5.74, 6) is 1.42. The van der Waals surface area contributed by atoms with Crippen molar-refractivity contribution in [3.05, 3.63) is 0 Å². The lowest BCUT2D eigenvalue weighted by molar-refractivity contribution is -0.139. The zero-order valence-corrected chi connectivity index (χ0v) is 11.2. The zero-order valence-electron chi connectivity index (χ0n) is 11.2. The van der Waals surface area contributed by atoms with Crippen LogP contribution in [0.3, 0.4) is 0 Å². The van der Waals surface area contributed by atoms with Crippen LogP contribution in [0, 0.1) is 12.3 Å². The molecule has 0 rings (SSSR count). The third-order valence-electron chi connectivity index (χ3n) is 2.05. The Labute approximate surface area is 108 Å². The second kappa shape index (κ2) is 7.59. The Morgan fingerprint density at radius 1 is 1.39 bits per heavy atom. The molecule has 18 heavy (non-hydrogen) atoms. The van der Waals surface area contributed by atoms with Crippen LogP contribution in [-0.4, -0.2) is 28.8 Å². The number of alkyl carbamates (subject to hydrolysis) is 1. The Morgan fingerprint density at radius 3 is 2.44 bits per heavy atom. The molecule has 0 radical (unpaired) electrons. The summed E-state index contributed by atoms with van der Waals surface area (Å²) in [5.41, 5.74) is -0.642. The average Bonchev–Trinajstić information content (AvgIpc) is 2.19. The lowest BCUT2D eigenvalue weighted by Gasteiger charge is -2.21. The van der Waals surface area contributed by atoms with E-state index in [1.165, 1.54) is 0 Å². The van der Waals surface area contributed by atoms with Crippen molar-refractivity contribution in [3.63, 3.8) is 0 Å². The summed E-state index contributed by atoms with van der Waals surface area (Å²) in [6.07, 6.45) is 6.73. The van der Waals surface area contributed by atoms with Crippen molar-refractivity contribution >= 4 is 12.1 Å².